The van der Waals surface area contributed by atoms with Gasteiger partial charge in [0.05, 0.1) is 11.7 Å². The maximum absolute atomic E-state index is 12.3. The molecule has 0 amide bonds. The van der Waals surface area contributed by atoms with E-state index in [0.29, 0.717) is 0 Å². The van der Waals surface area contributed by atoms with Crippen molar-refractivity contribution < 1.29 is 8.78 Å². The first-order chi connectivity index (χ1) is 7.21. The lowest BCUT2D eigenvalue weighted by Gasteiger charge is -2.13. The molecule has 16 heavy (non-hydrogen) atoms. The van der Waals surface area contributed by atoms with E-state index in [1.165, 1.54) is 0 Å². The van der Waals surface area contributed by atoms with Crippen LogP contribution in [-0.4, -0.2) is 22.2 Å². The Hall–Kier alpha value is -0.970. The molecule has 0 aliphatic heterocycles. The number of nitrogens with two attached hydrogens (primary N) is 1. The minimum absolute atomic E-state index is 0.0784. The van der Waals surface area contributed by atoms with Crippen LogP contribution in [0.2, 0.25) is 0 Å². The van der Waals surface area contributed by atoms with Crippen LogP contribution in [0.25, 0.3) is 0 Å². The molecule has 5 heteroatoms. The SMILES string of the molecule is Cn1nc(C(C)(C)C)cc1CC(N)C(F)F. The summed E-state index contributed by atoms with van der Waals surface area (Å²) in [7, 11) is 1.75. The third kappa shape index (κ3) is 3.01. The molecule has 92 valence electrons. The minimum atomic E-state index is -2.49. The monoisotopic (exact) mass is 231 g/mol. The predicted molar refractivity (Wildman–Crippen MR) is 59.6 cm³/mol. The Morgan fingerprint density at radius 1 is 1.44 bits per heavy atom. The van der Waals surface area contributed by atoms with Crippen LogP contribution in [0.1, 0.15) is 32.2 Å². The fourth-order valence-electron chi connectivity index (χ4n) is 1.39. The van der Waals surface area contributed by atoms with Gasteiger partial charge in [0.15, 0.2) is 0 Å². The van der Waals surface area contributed by atoms with Crippen molar-refractivity contribution in [3.8, 4) is 0 Å². The molecular weight excluding hydrogens is 212 g/mol. The first-order valence-electron chi connectivity index (χ1n) is 5.29. The number of aryl methyl sites for hydroxylation is 1. The lowest BCUT2D eigenvalue weighted by molar-refractivity contribution is 0.115. The quantitative estimate of drug-likeness (QED) is 0.862. The van der Waals surface area contributed by atoms with E-state index in [0.717, 1.165) is 11.4 Å². The molecule has 0 aromatic carbocycles. The first-order valence-corrected chi connectivity index (χ1v) is 5.29. The largest absolute Gasteiger partial charge is 0.323 e. The molecule has 0 saturated carbocycles. The van der Waals surface area contributed by atoms with Gasteiger partial charge >= 0.3 is 0 Å². The molecule has 1 heterocycles. The van der Waals surface area contributed by atoms with E-state index in [4.69, 9.17) is 5.73 Å². The summed E-state index contributed by atoms with van der Waals surface area (Å²) < 4.78 is 26.3. The Bertz CT molecular complexity index is 353. The van der Waals surface area contributed by atoms with E-state index in [-0.39, 0.29) is 11.8 Å². The van der Waals surface area contributed by atoms with Gasteiger partial charge in [0.25, 0.3) is 6.43 Å². The van der Waals surface area contributed by atoms with E-state index >= 15 is 0 Å². The van der Waals surface area contributed by atoms with Crippen molar-refractivity contribution in [2.45, 2.75) is 45.1 Å². The molecule has 0 fully saturated rings. The van der Waals surface area contributed by atoms with Crippen molar-refractivity contribution in [1.29, 1.82) is 0 Å². The molecule has 0 aliphatic rings. The number of aromatic nitrogens is 2. The van der Waals surface area contributed by atoms with Crippen LogP contribution in [0.5, 0.6) is 0 Å². The second-order valence-electron chi connectivity index (χ2n) is 5.10. The Balaban J connectivity index is 2.87. The molecule has 0 bridgehead atoms. The Labute approximate surface area is 94.6 Å². The number of hydrogen-bond acceptors (Lipinski definition) is 2. The molecule has 1 rings (SSSR count). The molecule has 3 nitrogen and oxygen atoms in total. The molecule has 0 spiro atoms. The highest BCUT2D eigenvalue weighted by atomic mass is 19.3. The number of rotatable bonds is 3. The summed E-state index contributed by atoms with van der Waals surface area (Å²) in [5.74, 6) is 0. The molecule has 1 aromatic heterocycles. The van der Waals surface area contributed by atoms with Crippen LogP contribution >= 0.6 is 0 Å². The van der Waals surface area contributed by atoms with E-state index in [1.807, 2.05) is 26.8 Å². The van der Waals surface area contributed by atoms with E-state index in [2.05, 4.69) is 5.10 Å². The van der Waals surface area contributed by atoms with Crippen LogP contribution in [-0.2, 0) is 18.9 Å². The van der Waals surface area contributed by atoms with Crippen molar-refractivity contribution in [3.63, 3.8) is 0 Å². The smallest absolute Gasteiger partial charge is 0.253 e. The summed E-state index contributed by atoms with van der Waals surface area (Å²) in [6.45, 7) is 6.10. The van der Waals surface area contributed by atoms with Crippen molar-refractivity contribution in [2.24, 2.45) is 12.8 Å². The maximum Gasteiger partial charge on any atom is 0.253 e. The zero-order valence-corrected chi connectivity index (χ0v) is 10.2. The highest BCUT2D eigenvalue weighted by Gasteiger charge is 2.22. The molecule has 0 saturated heterocycles. The minimum Gasteiger partial charge on any atom is -0.323 e. The number of halogens is 2. The van der Waals surface area contributed by atoms with Gasteiger partial charge in [-0.15, -0.1) is 0 Å². The zero-order chi connectivity index (χ0) is 12.5. The maximum atomic E-state index is 12.3. The van der Waals surface area contributed by atoms with Gasteiger partial charge < -0.3 is 5.73 Å². The number of nitrogens with zero attached hydrogens (tertiary/aromatic N) is 2. The van der Waals surface area contributed by atoms with Crippen LogP contribution in [0.15, 0.2) is 6.07 Å². The average molecular weight is 231 g/mol. The van der Waals surface area contributed by atoms with Gasteiger partial charge in [-0.05, 0) is 6.07 Å². The van der Waals surface area contributed by atoms with Gasteiger partial charge in [-0.3, -0.25) is 4.68 Å². The molecule has 1 atom stereocenters. The van der Waals surface area contributed by atoms with Crippen molar-refractivity contribution in [2.75, 3.05) is 0 Å². The Kier molecular flexibility index (Phi) is 3.68. The topological polar surface area (TPSA) is 43.8 Å². The van der Waals surface area contributed by atoms with Gasteiger partial charge in [-0.2, -0.15) is 5.10 Å². The second kappa shape index (κ2) is 4.49. The van der Waals surface area contributed by atoms with Crippen LogP contribution in [0, 0.1) is 0 Å². The van der Waals surface area contributed by atoms with Gasteiger partial charge in [0, 0.05) is 24.6 Å². The summed E-state index contributed by atoms with van der Waals surface area (Å²) in [5, 5.41) is 4.31. The molecule has 1 unspecified atom stereocenters. The molecule has 1 aromatic rings. The highest BCUT2D eigenvalue weighted by molar-refractivity contribution is 5.18. The van der Waals surface area contributed by atoms with E-state index < -0.39 is 12.5 Å². The summed E-state index contributed by atoms with van der Waals surface area (Å²) in [6, 6.07) is 0.727. The third-order valence-corrected chi connectivity index (χ3v) is 2.51. The number of alkyl halides is 2. The van der Waals surface area contributed by atoms with Crippen molar-refractivity contribution in [1.82, 2.24) is 9.78 Å². The van der Waals surface area contributed by atoms with E-state index in [9.17, 15) is 8.78 Å². The molecule has 0 aliphatic carbocycles. The summed E-state index contributed by atoms with van der Waals surface area (Å²) in [6.07, 6.45) is -2.34. The Morgan fingerprint density at radius 3 is 2.38 bits per heavy atom. The summed E-state index contributed by atoms with van der Waals surface area (Å²) in [4.78, 5) is 0. The van der Waals surface area contributed by atoms with Crippen molar-refractivity contribution >= 4 is 0 Å². The van der Waals surface area contributed by atoms with Crippen LogP contribution in [0.4, 0.5) is 8.78 Å². The average Bonchev–Trinajstić information content (AvgIpc) is 2.47. The standard InChI is InChI=1S/C11H19F2N3/c1-11(2,3)9-6-7(16(4)15-9)5-8(14)10(12)13/h6,8,10H,5,14H2,1-4H3. The van der Waals surface area contributed by atoms with Gasteiger partial charge in [0.2, 0.25) is 0 Å². The van der Waals surface area contributed by atoms with Crippen molar-refractivity contribution in [3.05, 3.63) is 17.5 Å². The van der Waals surface area contributed by atoms with Gasteiger partial charge in [-0.25, -0.2) is 8.78 Å². The highest BCUT2D eigenvalue weighted by Crippen LogP contribution is 2.22. The first kappa shape index (κ1) is 13.1. The summed E-state index contributed by atoms with van der Waals surface area (Å²) >= 11 is 0. The van der Waals surface area contributed by atoms with E-state index in [1.54, 1.807) is 11.7 Å². The summed E-state index contributed by atoms with van der Waals surface area (Å²) in [5.41, 5.74) is 6.91. The molecule has 0 radical (unpaired) electrons. The Morgan fingerprint density at radius 2 is 2.00 bits per heavy atom. The second-order valence-corrected chi connectivity index (χ2v) is 5.10. The normalized spacial score (nSPS) is 14.5. The zero-order valence-electron chi connectivity index (χ0n) is 10.2. The fraction of sp³-hybridized carbons (Fsp3) is 0.727. The lowest BCUT2D eigenvalue weighted by Crippen LogP contribution is -2.31. The lowest BCUT2D eigenvalue weighted by atomic mass is 9.92. The van der Waals surface area contributed by atoms with Crippen LogP contribution in [0.3, 0.4) is 0 Å². The predicted octanol–water partition coefficient (Wildman–Crippen LogP) is 1.85. The van der Waals surface area contributed by atoms with Gasteiger partial charge in [-0.1, -0.05) is 20.8 Å². The third-order valence-electron chi connectivity index (χ3n) is 2.51. The fourth-order valence-corrected chi connectivity index (χ4v) is 1.39. The van der Waals surface area contributed by atoms with Crippen LogP contribution < -0.4 is 5.73 Å². The molecular formula is C11H19F2N3. The number of hydrogen-bond donors (Lipinski definition) is 1. The molecule has 2 N–H and O–H groups in total. The van der Waals surface area contributed by atoms with Gasteiger partial charge in [0.1, 0.15) is 0 Å².